The standard InChI is InChI=1S/C12H24N2.C12H26N2.C11H22N2.2C9H20N2/c1-12(2,3)14-8-10-6-5-7-13(4)11(10)9-14;1-10-7-14(12(2,3)4)9-11(10)8-13(5)6;1-11(2,3)13-7-9-5-6-12(4)10(9)8-13;1-9(2,3)11-7-5-10(4)6-8-11;1-9(2)11-6-4-5-10(3)7-8-11/h10-11H,5-9H2,1-4H3;10-11H,7-9H2,1-6H3;9-10H,5-8H2,1-4H3;5-8H2,1-4H3;9H,4-8H2,1-3H3. The highest BCUT2D eigenvalue weighted by molar-refractivity contribution is 4.99. The van der Waals surface area contributed by atoms with E-state index in [9.17, 15) is 0 Å². The molecule has 7 saturated heterocycles. The van der Waals surface area contributed by atoms with Gasteiger partial charge in [-0.1, -0.05) is 6.92 Å². The van der Waals surface area contributed by atoms with Crippen LogP contribution in [0.3, 0.4) is 0 Å². The Morgan fingerprint density at radius 1 is 0.460 bits per heavy atom. The van der Waals surface area contributed by atoms with Gasteiger partial charge in [0.15, 0.2) is 0 Å². The van der Waals surface area contributed by atoms with E-state index in [2.05, 4.69) is 195 Å². The van der Waals surface area contributed by atoms with Gasteiger partial charge in [0.05, 0.1) is 0 Å². The maximum Gasteiger partial charge on any atom is 0.0261 e. The normalized spacial score (nSPS) is 30.7. The number of hydrogen-bond donors (Lipinski definition) is 0. The minimum atomic E-state index is 0.343. The molecule has 0 spiro atoms. The molecular weight excluding hydrogens is 777 g/mol. The van der Waals surface area contributed by atoms with Gasteiger partial charge >= 0.3 is 0 Å². The molecule has 0 saturated carbocycles. The number of hydrogen-bond acceptors (Lipinski definition) is 10. The molecule has 63 heavy (non-hydrogen) atoms. The Bertz CT molecular complexity index is 1250. The minimum absolute atomic E-state index is 0.343. The third-order valence-electron chi connectivity index (χ3n) is 16.0. The second-order valence-corrected chi connectivity index (χ2v) is 26.0. The Morgan fingerprint density at radius 2 is 0.905 bits per heavy atom. The topological polar surface area (TPSA) is 32.4 Å². The first-order valence-corrected chi connectivity index (χ1v) is 26.1. The zero-order chi connectivity index (χ0) is 47.7. The largest absolute Gasteiger partial charge is 0.309 e. The van der Waals surface area contributed by atoms with E-state index < -0.39 is 0 Å². The van der Waals surface area contributed by atoms with E-state index in [0.29, 0.717) is 22.2 Å². The first-order valence-electron chi connectivity index (χ1n) is 26.1. The minimum Gasteiger partial charge on any atom is -0.309 e. The summed E-state index contributed by atoms with van der Waals surface area (Å²) in [5.74, 6) is 3.58. The van der Waals surface area contributed by atoms with Crippen molar-refractivity contribution in [1.29, 1.82) is 0 Å². The molecule has 6 atom stereocenters. The van der Waals surface area contributed by atoms with Crippen molar-refractivity contribution in [1.82, 2.24) is 49.0 Å². The van der Waals surface area contributed by atoms with Crippen LogP contribution in [-0.2, 0) is 0 Å². The van der Waals surface area contributed by atoms with E-state index in [0.717, 1.165) is 41.8 Å². The molecule has 0 N–H and O–H groups in total. The highest BCUT2D eigenvalue weighted by Crippen LogP contribution is 2.35. The Morgan fingerprint density at radius 3 is 1.35 bits per heavy atom. The van der Waals surface area contributed by atoms with Crippen LogP contribution in [0.1, 0.15) is 130 Å². The summed E-state index contributed by atoms with van der Waals surface area (Å²) >= 11 is 0. The van der Waals surface area contributed by atoms with Crippen LogP contribution in [0.25, 0.3) is 0 Å². The van der Waals surface area contributed by atoms with Crippen molar-refractivity contribution in [3.63, 3.8) is 0 Å². The summed E-state index contributed by atoms with van der Waals surface area (Å²) in [4.78, 5) is 25.2. The Hall–Kier alpha value is -0.400. The lowest BCUT2D eigenvalue weighted by Crippen LogP contribution is -2.52. The summed E-state index contributed by atoms with van der Waals surface area (Å²) in [6.07, 6.45) is 5.58. The van der Waals surface area contributed by atoms with Gasteiger partial charge in [-0.2, -0.15) is 0 Å². The summed E-state index contributed by atoms with van der Waals surface area (Å²) in [5.41, 5.74) is 1.43. The van der Waals surface area contributed by atoms with Crippen LogP contribution in [0.2, 0.25) is 0 Å². The Labute approximate surface area is 394 Å². The second-order valence-electron chi connectivity index (χ2n) is 26.0. The lowest BCUT2D eigenvalue weighted by Gasteiger charge is -2.41. The summed E-state index contributed by atoms with van der Waals surface area (Å²) in [7, 11) is 13.3. The average Bonchev–Trinajstić information content (AvgIpc) is 3.93. The first kappa shape index (κ1) is 56.9. The number of fused-ring (bicyclic) bond motifs is 2. The van der Waals surface area contributed by atoms with Crippen LogP contribution in [0.15, 0.2) is 0 Å². The van der Waals surface area contributed by atoms with Crippen molar-refractivity contribution in [2.24, 2.45) is 23.7 Å². The van der Waals surface area contributed by atoms with Gasteiger partial charge in [0.2, 0.25) is 0 Å². The third kappa shape index (κ3) is 18.9. The van der Waals surface area contributed by atoms with Crippen molar-refractivity contribution in [3.8, 4) is 0 Å². The van der Waals surface area contributed by atoms with Crippen molar-refractivity contribution in [3.05, 3.63) is 0 Å². The van der Waals surface area contributed by atoms with Crippen LogP contribution in [0, 0.1) is 23.7 Å². The molecule has 0 aromatic rings. The first-order chi connectivity index (χ1) is 29.0. The van der Waals surface area contributed by atoms with Crippen molar-refractivity contribution in [2.45, 2.75) is 170 Å². The fraction of sp³-hybridized carbons (Fsp3) is 1.00. The molecule has 374 valence electrons. The van der Waals surface area contributed by atoms with E-state index >= 15 is 0 Å². The predicted molar refractivity (Wildman–Crippen MR) is 276 cm³/mol. The van der Waals surface area contributed by atoms with Crippen LogP contribution < -0.4 is 0 Å². The number of piperidine rings is 1. The zero-order valence-corrected chi connectivity index (χ0v) is 46.4. The quantitative estimate of drug-likeness (QED) is 0.290. The maximum atomic E-state index is 2.66. The van der Waals surface area contributed by atoms with E-state index in [4.69, 9.17) is 0 Å². The van der Waals surface area contributed by atoms with Gasteiger partial charge in [0.25, 0.3) is 0 Å². The van der Waals surface area contributed by atoms with Gasteiger partial charge in [-0.15, -0.1) is 0 Å². The van der Waals surface area contributed by atoms with Crippen molar-refractivity contribution in [2.75, 3.05) is 154 Å². The Balaban J connectivity index is 0.000000210. The lowest BCUT2D eigenvalue weighted by atomic mass is 9.93. The zero-order valence-electron chi connectivity index (χ0n) is 46.4. The highest BCUT2D eigenvalue weighted by atomic mass is 15.3. The fourth-order valence-electron chi connectivity index (χ4n) is 11.0. The van der Waals surface area contributed by atoms with Crippen LogP contribution in [0.4, 0.5) is 0 Å². The molecule has 7 rings (SSSR count). The molecule has 7 fully saturated rings. The van der Waals surface area contributed by atoms with Crippen molar-refractivity contribution >= 4 is 0 Å². The van der Waals surface area contributed by atoms with E-state index in [-0.39, 0.29) is 0 Å². The number of piperazine rings is 1. The van der Waals surface area contributed by atoms with Crippen LogP contribution in [-0.4, -0.2) is 243 Å². The molecule has 0 amide bonds. The van der Waals surface area contributed by atoms with Gasteiger partial charge in [-0.3, -0.25) is 24.5 Å². The van der Waals surface area contributed by atoms with Gasteiger partial charge < -0.3 is 24.5 Å². The fourth-order valence-corrected chi connectivity index (χ4v) is 11.0. The van der Waals surface area contributed by atoms with E-state index in [1.165, 1.54) is 137 Å². The molecule has 6 unspecified atom stereocenters. The second kappa shape index (κ2) is 24.8. The summed E-state index contributed by atoms with van der Waals surface area (Å²) in [6.45, 7) is 56.3. The van der Waals surface area contributed by atoms with Crippen molar-refractivity contribution < 1.29 is 0 Å². The highest BCUT2D eigenvalue weighted by Gasteiger charge is 2.43. The molecule has 10 nitrogen and oxygen atoms in total. The van der Waals surface area contributed by atoms with Crippen LogP contribution in [0.5, 0.6) is 0 Å². The molecular formula is C53H112N10. The number of likely N-dealkylation sites (N-methyl/N-ethyl adjacent to an activating group) is 4. The third-order valence-corrected chi connectivity index (χ3v) is 16.0. The summed E-state index contributed by atoms with van der Waals surface area (Å²) in [5, 5.41) is 0. The molecule has 7 aliphatic heterocycles. The molecule has 0 aliphatic carbocycles. The SMILES string of the molecule is CC(C)N1CCCN(C)CC1.CC1CN(C(C)(C)C)CC1CN(C)C.CN1CCC2CN(C(C)(C)C)CC21.CN1CCCC2CN(C(C)(C)C)CC21.CN1CCN(C(C)(C)C)CC1. The molecule has 7 heterocycles. The summed E-state index contributed by atoms with van der Waals surface area (Å²) in [6, 6.07) is 2.41. The molecule has 0 bridgehead atoms. The number of nitrogens with zero attached hydrogens (tertiary/aromatic N) is 10. The van der Waals surface area contributed by atoms with Gasteiger partial charge in [0, 0.05) is 125 Å². The molecule has 0 aromatic carbocycles. The van der Waals surface area contributed by atoms with Gasteiger partial charge in [-0.05, 0) is 215 Å². The predicted octanol–water partition coefficient (Wildman–Crippen LogP) is 7.21. The lowest BCUT2D eigenvalue weighted by molar-refractivity contribution is 0.0735. The van der Waals surface area contributed by atoms with E-state index in [1.54, 1.807) is 0 Å². The van der Waals surface area contributed by atoms with Gasteiger partial charge in [0.1, 0.15) is 0 Å². The molecule has 0 aromatic heterocycles. The monoisotopic (exact) mass is 889 g/mol. The smallest absolute Gasteiger partial charge is 0.0261 e. The molecule has 10 heteroatoms. The Kier molecular flexibility index (Phi) is 22.4. The van der Waals surface area contributed by atoms with Gasteiger partial charge in [-0.25, -0.2) is 0 Å². The average molecular weight is 890 g/mol. The summed E-state index contributed by atoms with van der Waals surface area (Å²) < 4.78 is 0. The van der Waals surface area contributed by atoms with E-state index in [1.807, 2.05) is 0 Å². The number of rotatable bonds is 3. The van der Waals surface area contributed by atoms with Crippen LogP contribution >= 0.6 is 0 Å². The molecule has 7 aliphatic rings. The maximum absolute atomic E-state index is 2.66. The number of likely N-dealkylation sites (tertiary alicyclic amines) is 5. The molecule has 0 radical (unpaired) electrons.